The van der Waals surface area contributed by atoms with Gasteiger partial charge in [0.2, 0.25) is 0 Å². The van der Waals surface area contributed by atoms with E-state index in [9.17, 15) is 22.4 Å². The van der Waals surface area contributed by atoms with Gasteiger partial charge in [0.25, 0.3) is 5.91 Å². The van der Waals surface area contributed by atoms with Crippen LogP contribution in [0.3, 0.4) is 0 Å². The minimum Gasteiger partial charge on any atom is -0.465 e. The molecule has 0 fully saturated rings. The summed E-state index contributed by atoms with van der Waals surface area (Å²) >= 11 is 1.09. The summed E-state index contributed by atoms with van der Waals surface area (Å²) in [4.78, 5) is 28.9. The Bertz CT molecular complexity index is 1270. The molecule has 1 amide bonds. The predicted octanol–water partition coefficient (Wildman–Crippen LogP) is 2.48. The fourth-order valence-electron chi connectivity index (χ4n) is 2.83. The molecule has 0 aliphatic carbocycles. The minimum absolute atomic E-state index is 0.0693. The third-order valence-corrected chi connectivity index (χ3v) is 6.34. The monoisotopic (exact) mass is 450 g/mol. The van der Waals surface area contributed by atoms with E-state index in [-0.39, 0.29) is 34.8 Å². The summed E-state index contributed by atoms with van der Waals surface area (Å²) in [5, 5.41) is 0. The highest BCUT2D eigenvalue weighted by molar-refractivity contribution is 7.90. The smallest absolute Gasteiger partial charge is 0.326 e. The van der Waals surface area contributed by atoms with Crippen LogP contribution in [0, 0.1) is 5.82 Å². The summed E-state index contributed by atoms with van der Waals surface area (Å²) in [5.41, 5.74) is 0.764. The van der Waals surface area contributed by atoms with Gasteiger partial charge in [-0.3, -0.25) is 9.59 Å². The molecule has 0 saturated carbocycles. The normalized spacial score (nSPS) is 12.3. The number of hydrogen-bond acceptors (Lipinski definition) is 6. The van der Waals surface area contributed by atoms with Gasteiger partial charge < -0.3 is 9.30 Å². The maximum absolute atomic E-state index is 14.4. The number of benzene rings is 2. The molecule has 3 aromatic rings. The van der Waals surface area contributed by atoms with Crippen molar-refractivity contribution >= 4 is 43.3 Å². The number of para-hydroxylation sites is 1. The molecule has 1 heterocycles. The van der Waals surface area contributed by atoms with Gasteiger partial charge in [-0.15, -0.1) is 0 Å². The highest BCUT2D eigenvalue weighted by atomic mass is 32.2. The summed E-state index contributed by atoms with van der Waals surface area (Å²) < 4.78 is 44.3. The predicted molar refractivity (Wildman–Crippen MR) is 110 cm³/mol. The van der Waals surface area contributed by atoms with Crippen LogP contribution in [0.15, 0.2) is 52.4 Å². The van der Waals surface area contributed by atoms with Gasteiger partial charge in [-0.1, -0.05) is 29.5 Å². The number of thiazole rings is 1. The van der Waals surface area contributed by atoms with Crippen molar-refractivity contribution in [2.24, 2.45) is 4.99 Å². The minimum atomic E-state index is -3.33. The Morgan fingerprint density at radius 2 is 1.87 bits per heavy atom. The molecule has 0 bridgehead atoms. The topological polar surface area (TPSA) is 94.8 Å². The molecule has 0 aliphatic heterocycles. The Morgan fingerprint density at radius 3 is 2.50 bits per heavy atom. The van der Waals surface area contributed by atoms with Crippen LogP contribution in [0.2, 0.25) is 0 Å². The molecule has 0 unspecified atom stereocenters. The summed E-state index contributed by atoms with van der Waals surface area (Å²) in [7, 11) is -3.33. The Labute approximate surface area is 176 Å². The lowest BCUT2D eigenvalue weighted by atomic mass is 10.1. The third kappa shape index (κ3) is 5.00. The fourth-order valence-corrected chi connectivity index (χ4v) is 4.52. The summed E-state index contributed by atoms with van der Waals surface area (Å²) in [6, 6.07) is 10.4. The molecule has 0 radical (unpaired) electrons. The van der Waals surface area contributed by atoms with Gasteiger partial charge in [0, 0.05) is 6.26 Å². The maximum Gasteiger partial charge on any atom is 0.326 e. The van der Waals surface area contributed by atoms with Crippen molar-refractivity contribution in [3.8, 4) is 0 Å². The molecular formula is C20H19FN2O5S2. The van der Waals surface area contributed by atoms with Crippen molar-refractivity contribution in [1.29, 1.82) is 0 Å². The first kappa shape index (κ1) is 21.8. The van der Waals surface area contributed by atoms with E-state index in [4.69, 9.17) is 4.74 Å². The second-order valence-electron chi connectivity index (χ2n) is 6.46. The van der Waals surface area contributed by atoms with Crippen molar-refractivity contribution in [2.45, 2.75) is 24.8 Å². The molecule has 10 heteroatoms. The van der Waals surface area contributed by atoms with Gasteiger partial charge in [-0.2, -0.15) is 4.99 Å². The summed E-state index contributed by atoms with van der Waals surface area (Å²) in [6.45, 7) is 1.57. The number of nitrogens with zero attached hydrogens (tertiary/aromatic N) is 2. The maximum atomic E-state index is 14.4. The van der Waals surface area contributed by atoms with Gasteiger partial charge in [0.05, 0.1) is 28.1 Å². The molecule has 7 nitrogen and oxygen atoms in total. The highest BCUT2D eigenvalue weighted by Gasteiger charge is 2.15. The van der Waals surface area contributed by atoms with Crippen LogP contribution in [0.5, 0.6) is 0 Å². The molecule has 30 heavy (non-hydrogen) atoms. The first-order valence-electron chi connectivity index (χ1n) is 8.99. The molecule has 3 rings (SSSR count). The van der Waals surface area contributed by atoms with Crippen LogP contribution >= 0.6 is 11.3 Å². The zero-order valence-electron chi connectivity index (χ0n) is 16.3. The Balaban J connectivity index is 1.95. The van der Waals surface area contributed by atoms with Crippen LogP contribution in [-0.2, 0) is 37.1 Å². The Hall–Kier alpha value is -2.85. The van der Waals surface area contributed by atoms with E-state index in [2.05, 4.69) is 4.99 Å². The van der Waals surface area contributed by atoms with E-state index in [0.29, 0.717) is 10.3 Å². The first-order chi connectivity index (χ1) is 14.2. The molecule has 1 aromatic heterocycles. The van der Waals surface area contributed by atoms with E-state index in [1.807, 2.05) is 0 Å². The SMILES string of the molecule is CCOC(=O)Cn1c(=NC(=O)Cc2ccc(S(C)(=O)=O)cc2)sc2cccc(F)c21. The lowest BCUT2D eigenvalue weighted by molar-refractivity contribution is -0.143. The van der Waals surface area contributed by atoms with Crippen LogP contribution in [0.25, 0.3) is 10.2 Å². The first-order valence-corrected chi connectivity index (χ1v) is 11.7. The Kier molecular flexibility index (Phi) is 6.47. The van der Waals surface area contributed by atoms with E-state index in [1.54, 1.807) is 25.1 Å². The average Bonchev–Trinajstić information content (AvgIpc) is 2.99. The number of fused-ring (bicyclic) bond motifs is 1. The van der Waals surface area contributed by atoms with Gasteiger partial charge in [-0.05, 0) is 36.8 Å². The second kappa shape index (κ2) is 8.88. The molecule has 0 aliphatic rings. The number of hydrogen-bond donors (Lipinski definition) is 0. The van der Waals surface area contributed by atoms with E-state index in [1.165, 1.54) is 28.8 Å². The number of halogens is 1. The van der Waals surface area contributed by atoms with Gasteiger partial charge in [-0.25, -0.2) is 12.8 Å². The van der Waals surface area contributed by atoms with Crippen molar-refractivity contribution < 1.29 is 27.1 Å². The number of carbonyl (C=O) groups is 2. The third-order valence-electron chi connectivity index (χ3n) is 4.17. The quantitative estimate of drug-likeness (QED) is 0.538. The average molecular weight is 451 g/mol. The van der Waals surface area contributed by atoms with Crippen molar-refractivity contribution in [1.82, 2.24) is 4.57 Å². The summed E-state index contributed by atoms with van der Waals surface area (Å²) in [5.74, 6) is -1.60. The fraction of sp³-hybridized carbons (Fsp3) is 0.250. The molecule has 0 N–H and O–H groups in total. The van der Waals surface area contributed by atoms with Crippen molar-refractivity contribution in [3.05, 3.63) is 58.6 Å². The second-order valence-corrected chi connectivity index (χ2v) is 9.49. The van der Waals surface area contributed by atoms with Crippen molar-refractivity contribution in [2.75, 3.05) is 12.9 Å². The number of ether oxygens (including phenoxy) is 1. The van der Waals surface area contributed by atoms with Crippen LogP contribution in [0.4, 0.5) is 4.39 Å². The lowest BCUT2D eigenvalue weighted by Crippen LogP contribution is -2.23. The van der Waals surface area contributed by atoms with Crippen LogP contribution in [0.1, 0.15) is 12.5 Å². The van der Waals surface area contributed by atoms with Gasteiger partial charge >= 0.3 is 5.97 Å². The zero-order valence-corrected chi connectivity index (χ0v) is 17.9. The number of amides is 1. The van der Waals surface area contributed by atoms with Crippen molar-refractivity contribution in [3.63, 3.8) is 0 Å². The molecule has 0 spiro atoms. The number of carbonyl (C=O) groups excluding carboxylic acids is 2. The van der Waals surface area contributed by atoms with Crippen LogP contribution in [-0.4, -0.2) is 37.7 Å². The number of aromatic nitrogens is 1. The zero-order chi connectivity index (χ0) is 21.9. The van der Waals surface area contributed by atoms with Gasteiger partial charge in [0.15, 0.2) is 14.6 Å². The molecular weight excluding hydrogens is 431 g/mol. The Morgan fingerprint density at radius 1 is 1.17 bits per heavy atom. The largest absolute Gasteiger partial charge is 0.465 e. The molecule has 0 saturated heterocycles. The highest BCUT2D eigenvalue weighted by Crippen LogP contribution is 2.20. The number of sulfone groups is 1. The van der Waals surface area contributed by atoms with Crippen LogP contribution < -0.4 is 4.80 Å². The standard InChI is InChI=1S/C20H19FN2O5S2/c1-3-28-18(25)12-23-19-15(21)5-4-6-16(19)29-20(23)22-17(24)11-13-7-9-14(10-8-13)30(2,26)27/h4-10H,3,11-12H2,1-2H3. The molecule has 0 atom stereocenters. The van der Waals surface area contributed by atoms with E-state index >= 15 is 0 Å². The molecule has 158 valence electrons. The number of rotatable bonds is 6. The molecule has 2 aromatic carbocycles. The summed E-state index contributed by atoms with van der Waals surface area (Å²) in [6.07, 6.45) is 1.03. The van der Waals surface area contributed by atoms with E-state index in [0.717, 1.165) is 17.6 Å². The lowest BCUT2D eigenvalue weighted by Gasteiger charge is -2.05. The van der Waals surface area contributed by atoms with Gasteiger partial charge in [0.1, 0.15) is 12.4 Å². The van der Waals surface area contributed by atoms with E-state index < -0.39 is 27.5 Å². The number of esters is 1.